The topological polar surface area (TPSA) is 104 Å². The first-order valence-corrected chi connectivity index (χ1v) is 8.90. The second-order valence-electron chi connectivity index (χ2n) is 6.73. The predicted octanol–water partition coefficient (Wildman–Crippen LogP) is 3.28. The van der Waals surface area contributed by atoms with Crippen molar-refractivity contribution in [2.45, 2.75) is 26.3 Å². The number of para-hydroxylation sites is 1. The van der Waals surface area contributed by atoms with Crippen molar-refractivity contribution in [3.05, 3.63) is 76.7 Å². The van der Waals surface area contributed by atoms with E-state index >= 15 is 0 Å². The molecule has 0 fully saturated rings. The summed E-state index contributed by atoms with van der Waals surface area (Å²) in [6, 6.07) is 11.6. The van der Waals surface area contributed by atoms with Crippen molar-refractivity contribution in [2.24, 2.45) is 0 Å². The van der Waals surface area contributed by atoms with Crippen molar-refractivity contribution in [1.82, 2.24) is 15.1 Å². The summed E-state index contributed by atoms with van der Waals surface area (Å²) in [5, 5.41) is 26.0. The molecule has 0 aliphatic rings. The third kappa shape index (κ3) is 4.43. The molecule has 29 heavy (non-hydrogen) atoms. The first-order valence-electron chi connectivity index (χ1n) is 8.90. The Balaban J connectivity index is 1.91. The highest BCUT2D eigenvalue weighted by molar-refractivity contribution is 5.93. The zero-order chi connectivity index (χ0) is 21.1. The van der Waals surface area contributed by atoms with E-state index in [0.717, 1.165) is 21.9 Å². The Morgan fingerprint density at radius 3 is 2.59 bits per heavy atom. The molecule has 7 nitrogen and oxygen atoms in total. The third-order valence-electron chi connectivity index (χ3n) is 4.50. The molecule has 2 aromatic carbocycles. The molecule has 3 rings (SSSR count). The molecular formula is C21H20FN3O4. The average Bonchev–Trinajstić information content (AvgIpc) is 3.05. The van der Waals surface area contributed by atoms with Gasteiger partial charge in [-0.2, -0.15) is 9.78 Å². The van der Waals surface area contributed by atoms with Crippen molar-refractivity contribution in [3.8, 4) is 11.6 Å². The number of aryl methyl sites for hydroxylation is 2. The molecule has 1 amide bonds. The summed E-state index contributed by atoms with van der Waals surface area (Å²) in [7, 11) is 0. The summed E-state index contributed by atoms with van der Waals surface area (Å²) >= 11 is 0. The highest BCUT2D eigenvalue weighted by atomic mass is 19.1. The van der Waals surface area contributed by atoms with E-state index in [1.807, 2.05) is 32.0 Å². The lowest BCUT2D eigenvalue weighted by Crippen LogP contribution is -2.31. The van der Waals surface area contributed by atoms with E-state index in [2.05, 4.69) is 10.4 Å². The fraction of sp³-hybridized carbons (Fsp3) is 0.190. The number of aliphatic carboxylic acids is 1. The Morgan fingerprint density at radius 1 is 1.17 bits per heavy atom. The van der Waals surface area contributed by atoms with E-state index in [1.165, 1.54) is 18.2 Å². The first-order chi connectivity index (χ1) is 13.8. The predicted molar refractivity (Wildman–Crippen MR) is 104 cm³/mol. The van der Waals surface area contributed by atoms with Crippen molar-refractivity contribution in [2.75, 3.05) is 0 Å². The lowest BCUT2D eigenvalue weighted by molar-refractivity contribution is -0.137. The molecule has 150 valence electrons. The molecule has 0 aliphatic carbocycles. The van der Waals surface area contributed by atoms with Gasteiger partial charge in [0.05, 0.1) is 12.5 Å². The second kappa shape index (κ2) is 8.14. The lowest BCUT2D eigenvalue weighted by Gasteiger charge is -2.19. The Hall–Kier alpha value is -3.68. The number of carbonyl (C=O) groups is 2. The minimum Gasteiger partial charge on any atom is -0.493 e. The first kappa shape index (κ1) is 20.1. The molecule has 0 spiro atoms. The number of nitrogens with zero attached hydrogens (tertiary/aromatic N) is 2. The van der Waals surface area contributed by atoms with Crippen LogP contribution in [0.4, 0.5) is 4.39 Å². The van der Waals surface area contributed by atoms with Crippen molar-refractivity contribution in [1.29, 1.82) is 0 Å². The molecule has 3 N–H and O–H groups in total. The summed E-state index contributed by atoms with van der Waals surface area (Å²) in [5.74, 6) is -2.78. The van der Waals surface area contributed by atoms with Crippen LogP contribution in [0.2, 0.25) is 0 Å². The second-order valence-corrected chi connectivity index (χ2v) is 6.73. The van der Waals surface area contributed by atoms with Gasteiger partial charge in [0, 0.05) is 6.07 Å². The van der Waals surface area contributed by atoms with E-state index in [1.54, 1.807) is 6.07 Å². The molecule has 8 heteroatoms. The third-order valence-corrected chi connectivity index (χ3v) is 4.50. The van der Waals surface area contributed by atoms with Crippen LogP contribution in [-0.2, 0) is 4.79 Å². The largest absolute Gasteiger partial charge is 0.493 e. The number of aromatic hydroxyl groups is 1. The molecule has 1 aromatic heterocycles. The van der Waals surface area contributed by atoms with Gasteiger partial charge in [-0.3, -0.25) is 9.59 Å². The molecule has 1 heterocycles. The number of rotatable bonds is 6. The van der Waals surface area contributed by atoms with E-state index < -0.39 is 29.6 Å². The van der Waals surface area contributed by atoms with Crippen LogP contribution in [-0.4, -0.2) is 31.9 Å². The van der Waals surface area contributed by atoms with Gasteiger partial charge >= 0.3 is 5.97 Å². The number of benzene rings is 2. The highest BCUT2D eigenvalue weighted by Gasteiger charge is 2.23. The Kier molecular flexibility index (Phi) is 5.63. The summed E-state index contributed by atoms with van der Waals surface area (Å²) in [5.41, 5.74) is 2.27. The number of carboxylic acid groups (broad SMARTS) is 1. The molecule has 1 atom stereocenters. The summed E-state index contributed by atoms with van der Waals surface area (Å²) in [6.45, 7) is 3.70. The summed E-state index contributed by atoms with van der Waals surface area (Å²) in [6.07, 6.45) is -0.323. The molecule has 3 aromatic rings. The zero-order valence-electron chi connectivity index (χ0n) is 15.9. The number of carbonyl (C=O) groups excluding carboxylic acids is 1. The Labute approximate surface area is 166 Å². The number of hydrogen-bond acceptors (Lipinski definition) is 4. The number of hydrogen-bond donors (Lipinski definition) is 3. The van der Waals surface area contributed by atoms with Crippen LogP contribution >= 0.6 is 0 Å². The fourth-order valence-corrected chi connectivity index (χ4v) is 3.06. The van der Waals surface area contributed by atoms with Crippen molar-refractivity contribution in [3.63, 3.8) is 0 Å². The molecule has 0 radical (unpaired) electrons. The van der Waals surface area contributed by atoms with Gasteiger partial charge in [-0.1, -0.05) is 35.9 Å². The fourth-order valence-electron chi connectivity index (χ4n) is 3.06. The van der Waals surface area contributed by atoms with Crippen molar-refractivity contribution >= 4 is 11.9 Å². The number of aromatic nitrogens is 2. The minimum atomic E-state index is -1.07. The van der Waals surface area contributed by atoms with E-state index in [0.29, 0.717) is 5.56 Å². The van der Waals surface area contributed by atoms with Gasteiger partial charge in [-0.15, -0.1) is 0 Å². The molecule has 0 aliphatic heterocycles. The van der Waals surface area contributed by atoms with E-state index in [4.69, 9.17) is 0 Å². The van der Waals surface area contributed by atoms with Gasteiger partial charge in [0.15, 0.2) is 5.69 Å². The molecule has 0 saturated heterocycles. The number of nitrogens with one attached hydrogen (secondary N) is 1. The normalized spacial score (nSPS) is 11.8. The van der Waals surface area contributed by atoms with Gasteiger partial charge in [-0.25, -0.2) is 4.39 Å². The van der Waals surface area contributed by atoms with Crippen LogP contribution in [0.25, 0.3) is 5.69 Å². The van der Waals surface area contributed by atoms with Gasteiger partial charge in [-0.05, 0) is 37.1 Å². The van der Waals surface area contributed by atoms with Gasteiger partial charge in [0.25, 0.3) is 5.91 Å². The average molecular weight is 397 g/mol. The van der Waals surface area contributed by atoms with Gasteiger partial charge < -0.3 is 15.5 Å². The van der Waals surface area contributed by atoms with Crippen LogP contribution in [0.3, 0.4) is 0 Å². The maximum Gasteiger partial charge on any atom is 0.305 e. The number of halogens is 1. The maximum atomic E-state index is 14.0. The number of amides is 1. The van der Waals surface area contributed by atoms with Crippen LogP contribution < -0.4 is 5.32 Å². The van der Waals surface area contributed by atoms with Crippen LogP contribution in [0, 0.1) is 19.7 Å². The SMILES string of the molecule is Cc1ccc(C)c(C(CC(=O)O)NC(=O)c2cc(O)n(-c3ccccc3F)n2)c1. The maximum absolute atomic E-state index is 14.0. The van der Waals surface area contributed by atoms with Crippen LogP contribution in [0.1, 0.15) is 39.6 Å². The van der Waals surface area contributed by atoms with E-state index in [-0.39, 0.29) is 17.8 Å². The van der Waals surface area contributed by atoms with Gasteiger partial charge in [0.1, 0.15) is 11.5 Å². The van der Waals surface area contributed by atoms with Gasteiger partial charge in [0.2, 0.25) is 5.88 Å². The Morgan fingerprint density at radius 2 is 1.90 bits per heavy atom. The van der Waals surface area contributed by atoms with Crippen LogP contribution in [0.15, 0.2) is 48.5 Å². The molecule has 0 saturated carbocycles. The molecule has 0 bridgehead atoms. The van der Waals surface area contributed by atoms with Crippen molar-refractivity contribution < 1.29 is 24.2 Å². The van der Waals surface area contributed by atoms with E-state index in [9.17, 15) is 24.2 Å². The van der Waals surface area contributed by atoms with Crippen LogP contribution in [0.5, 0.6) is 5.88 Å². The Bertz CT molecular complexity index is 1080. The quantitative estimate of drug-likeness (QED) is 0.592. The minimum absolute atomic E-state index is 0.0133. The standard InChI is InChI=1S/C21H20FN3O4/c1-12-7-8-13(2)14(9-12)16(11-20(27)28)23-21(29)17-10-19(26)25(24-17)18-6-4-3-5-15(18)22/h3-10,16,26H,11H2,1-2H3,(H,23,29)(H,27,28). The highest BCUT2D eigenvalue weighted by Crippen LogP contribution is 2.24. The summed E-state index contributed by atoms with van der Waals surface area (Å²) < 4.78 is 14.9. The monoisotopic (exact) mass is 397 g/mol. The number of carboxylic acids is 1. The smallest absolute Gasteiger partial charge is 0.305 e. The summed E-state index contributed by atoms with van der Waals surface area (Å²) in [4.78, 5) is 24.0. The molecule has 1 unspecified atom stereocenters. The lowest BCUT2D eigenvalue weighted by atomic mass is 9.96. The zero-order valence-corrected chi connectivity index (χ0v) is 15.9. The molecular weight excluding hydrogens is 377 g/mol.